The summed E-state index contributed by atoms with van der Waals surface area (Å²) in [4.78, 5) is 17.8. The fraction of sp³-hybridized carbons (Fsp3) is 0.500. The lowest BCUT2D eigenvalue weighted by Crippen LogP contribution is -2.36. The van der Waals surface area contributed by atoms with Crippen LogP contribution in [0.5, 0.6) is 0 Å². The quantitative estimate of drug-likeness (QED) is 0.768. The number of nitrogens with zero attached hydrogens (tertiary/aromatic N) is 2. The van der Waals surface area contributed by atoms with Gasteiger partial charge in [-0.3, -0.25) is 4.79 Å². The number of nitrogens with two attached hydrogens (primary N) is 1. The summed E-state index contributed by atoms with van der Waals surface area (Å²) in [6.07, 6.45) is 2.10. The summed E-state index contributed by atoms with van der Waals surface area (Å²) in [6, 6.07) is 3.05. The number of ether oxygens (including phenoxy) is 1. The maximum absolute atomic E-state index is 11.7. The highest BCUT2D eigenvalue weighted by Gasteiger charge is 2.13. The Bertz CT molecular complexity index is 378. The molecule has 0 fully saturated rings. The van der Waals surface area contributed by atoms with E-state index in [-0.39, 0.29) is 5.91 Å². The van der Waals surface area contributed by atoms with Crippen LogP contribution in [-0.2, 0) is 9.53 Å². The highest BCUT2D eigenvalue weighted by molar-refractivity contribution is 5.94. The van der Waals surface area contributed by atoms with Crippen molar-refractivity contribution in [2.24, 2.45) is 5.73 Å². The van der Waals surface area contributed by atoms with E-state index in [1.165, 1.54) is 0 Å². The monoisotopic (exact) mass is 252 g/mol. The van der Waals surface area contributed by atoms with E-state index in [2.05, 4.69) is 10.3 Å². The van der Waals surface area contributed by atoms with E-state index in [0.717, 1.165) is 5.82 Å². The number of amides is 1. The summed E-state index contributed by atoms with van der Waals surface area (Å²) in [5.41, 5.74) is 6.35. The Kier molecular flexibility index (Phi) is 5.54. The second kappa shape index (κ2) is 6.93. The molecule has 0 saturated carbocycles. The maximum atomic E-state index is 11.7. The molecule has 1 atom stereocenters. The van der Waals surface area contributed by atoms with Gasteiger partial charge in [-0.05, 0) is 18.6 Å². The highest BCUT2D eigenvalue weighted by atomic mass is 16.5. The number of carbonyl (C=O) groups is 1. The Hall–Kier alpha value is -1.66. The molecule has 6 heteroatoms. The average Bonchev–Trinajstić information content (AvgIpc) is 2.36. The number of nitrogens with one attached hydrogen (secondary N) is 1. The second-order valence-corrected chi connectivity index (χ2v) is 4.18. The molecule has 0 spiro atoms. The smallest absolute Gasteiger partial charge is 0.241 e. The van der Waals surface area contributed by atoms with Crippen molar-refractivity contribution in [3.8, 4) is 0 Å². The van der Waals surface area contributed by atoms with E-state index < -0.39 is 6.04 Å². The molecule has 1 aromatic rings. The second-order valence-electron chi connectivity index (χ2n) is 4.18. The fourth-order valence-corrected chi connectivity index (χ4v) is 1.34. The van der Waals surface area contributed by atoms with Gasteiger partial charge in [-0.1, -0.05) is 0 Å². The lowest BCUT2D eigenvalue weighted by Gasteiger charge is -2.13. The lowest BCUT2D eigenvalue weighted by molar-refractivity contribution is -0.117. The lowest BCUT2D eigenvalue weighted by atomic mass is 10.2. The zero-order chi connectivity index (χ0) is 13.5. The minimum atomic E-state index is -0.571. The summed E-state index contributed by atoms with van der Waals surface area (Å²) in [6.45, 7) is 0.465. The van der Waals surface area contributed by atoms with Gasteiger partial charge in [0.25, 0.3) is 0 Å². The predicted octanol–water partition coefficient (Wildman–Crippen LogP) is 0.450. The van der Waals surface area contributed by atoms with E-state index in [1.807, 2.05) is 25.1 Å². The summed E-state index contributed by atoms with van der Waals surface area (Å²) >= 11 is 0. The van der Waals surface area contributed by atoms with Crippen LogP contribution in [0, 0.1) is 0 Å². The molecule has 1 aromatic heterocycles. The highest BCUT2D eigenvalue weighted by Crippen LogP contribution is 2.11. The number of methoxy groups -OCH3 is 1. The van der Waals surface area contributed by atoms with Crippen LogP contribution in [-0.4, -0.2) is 44.7 Å². The molecule has 3 N–H and O–H groups in total. The molecule has 0 aliphatic carbocycles. The zero-order valence-electron chi connectivity index (χ0n) is 11.0. The van der Waals surface area contributed by atoms with Crippen LogP contribution in [0.15, 0.2) is 18.3 Å². The van der Waals surface area contributed by atoms with E-state index >= 15 is 0 Å². The molecular formula is C12H20N4O2. The van der Waals surface area contributed by atoms with Crippen molar-refractivity contribution in [1.82, 2.24) is 4.98 Å². The molecule has 0 saturated heterocycles. The van der Waals surface area contributed by atoms with Crippen molar-refractivity contribution >= 4 is 17.4 Å². The van der Waals surface area contributed by atoms with Gasteiger partial charge >= 0.3 is 0 Å². The first-order chi connectivity index (χ1) is 8.54. The first kappa shape index (κ1) is 14.4. The first-order valence-electron chi connectivity index (χ1n) is 5.73. The van der Waals surface area contributed by atoms with Gasteiger partial charge in [-0.25, -0.2) is 4.98 Å². The number of carbonyl (C=O) groups excluding carboxylic acids is 1. The third-order valence-electron chi connectivity index (χ3n) is 2.44. The molecule has 0 aromatic carbocycles. The Labute approximate surface area is 107 Å². The SMILES string of the molecule is COCCC(N)C(=O)Nc1ccc(N(C)C)nc1. The van der Waals surface area contributed by atoms with Crippen molar-refractivity contribution in [1.29, 1.82) is 0 Å². The van der Waals surface area contributed by atoms with Crippen LogP contribution in [0.3, 0.4) is 0 Å². The van der Waals surface area contributed by atoms with Gasteiger partial charge in [-0.2, -0.15) is 0 Å². The molecular weight excluding hydrogens is 232 g/mol. The van der Waals surface area contributed by atoms with Crippen molar-refractivity contribution < 1.29 is 9.53 Å². The summed E-state index contributed by atoms with van der Waals surface area (Å²) in [5, 5.41) is 2.72. The molecule has 0 aliphatic rings. The Balaban J connectivity index is 2.53. The molecule has 0 bridgehead atoms. The molecule has 1 heterocycles. The van der Waals surface area contributed by atoms with Crippen LogP contribution in [0.1, 0.15) is 6.42 Å². The van der Waals surface area contributed by atoms with Gasteiger partial charge in [0.15, 0.2) is 0 Å². The predicted molar refractivity (Wildman–Crippen MR) is 71.7 cm³/mol. The van der Waals surface area contributed by atoms with E-state index in [1.54, 1.807) is 19.4 Å². The third-order valence-corrected chi connectivity index (χ3v) is 2.44. The minimum Gasteiger partial charge on any atom is -0.385 e. The van der Waals surface area contributed by atoms with Crippen molar-refractivity contribution in [2.75, 3.05) is 38.0 Å². The van der Waals surface area contributed by atoms with Gasteiger partial charge < -0.3 is 20.7 Å². The fourth-order valence-electron chi connectivity index (χ4n) is 1.34. The van der Waals surface area contributed by atoms with Gasteiger partial charge in [0, 0.05) is 27.8 Å². The van der Waals surface area contributed by atoms with Crippen LogP contribution in [0.25, 0.3) is 0 Å². The van der Waals surface area contributed by atoms with Crippen molar-refractivity contribution in [2.45, 2.75) is 12.5 Å². The Morgan fingerprint density at radius 1 is 1.56 bits per heavy atom. The molecule has 0 aliphatic heterocycles. The number of hydrogen-bond acceptors (Lipinski definition) is 5. The van der Waals surface area contributed by atoms with Crippen LogP contribution < -0.4 is 16.0 Å². The summed E-state index contributed by atoms with van der Waals surface area (Å²) in [7, 11) is 5.39. The number of anilines is 2. The number of rotatable bonds is 6. The van der Waals surface area contributed by atoms with E-state index in [0.29, 0.717) is 18.7 Å². The number of pyridine rings is 1. The Morgan fingerprint density at radius 2 is 2.28 bits per heavy atom. The minimum absolute atomic E-state index is 0.230. The average molecular weight is 252 g/mol. The molecule has 6 nitrogen and oxygen atoms in total. The molecule has 18 heavy (non-hydrogen) atoms. The maximum Gasteiger partial charge on any atom is 0.241 e. The largest absolute Gasteiger partial charge is 0.385 e. The first-order valence-corrected chi connectivity index (χ1v) is 5.73. The van der Waals surface area contributed by atoms with Crippen LogP contribution in [0.2, 0.25) is 0 Å². The third kappa shape index (κ3) is 4.31. The van der Waals surface area contributed by atoms with Gasteiger partial charge in [0.1, 0.15) is 5.82 Å². The molecule has 1 amide bonds. The van der Waals surface area contributed by atoms with Gasteiger partial charge in [0.05, 0.1) is 17.9 Å². The van der Waals surface area contributed by atoms with Crippen LogP contribution >= 0.6 is 0 Å². The van der Waals surface area contributed by atoms with Gasteiger partial charge in [-0.15, -0.1) is 0 Å². The van der Waals surface area contributed by atoms with Crippen LogP contribution in [0.4, 0.5) is 11.5 Å². The van der Waals surface area contributed by atoms with E-state index in [4.69, 9.17) is 10.5 Å². The Morgan fingerprint density at radius 3 is 2.78 bits per heavy atom. The number of aromatic nitrogens is 1. The van der Waals surface area contributed by atoms with Gasteiger partial charge in [0.2, 0.25) is 5.91 Å². The summed E-state index contributed by atoms with van der Waals surface area (Å²) < 4.78 is 4.88. The summed E-state index contributed by atoms with van der Waals surface area (Å²) in [5.74, 6) is 0.600. The molecule has 1 rings (SSSR count). The zero-order valence-corrected chi connectivity index (χ0v) is 11.0. The standard InChI is InChI=1S/C12H20N4O2/c1-16(2)11-5-4-9(8-14-11)15-12(17)10(13)6-7-18-3/h4-5,8,10H,6-7,13H2,1-3H3,(H,15,17). The van der Waals surface area contributed by atoms with Crippen molar-refractivity contribution in [3.63, 3.8) is 0 Å². The number of hydrogen-bond donors (Lipinski definition) is 2. The molecule has 100 valence electrons. The van der Waals surface area contributed by atoms with Crippen molar-refractivity contribution in [3.05, 3.63) is 18.3 Å². The topological polar surface area (TPSA) is 80.5 Å². The molecule has 1 unspecified atom stereocenters. The van der Waals surface area contributed by atoms with E-state index in [9.17, 15) is 4.79 Å². The molecule has 0 radical (unpaired) electrons. The normalized spacial score (nSPS) is 12.0.